The van der Waals surface area contributed by atoms with E-state index < -0.39 is 69.0 Å². The van der Waals surface area contributed by atoms with Crippen molar-refractivity contribution in [2.45, 2.75) is 74.2 Å². The number of nitrogen functional groups attached to an aromatic ring is 1. The maximum atomic E-state index is 17.3. The molecule has 1 saturated carbocycles. The minimum Gasteiger partial charge on any atom is -0.461 e. The van der Waals surface area contributed by atoms with Crippen molar-refractivity contribution in [1.82, 2.24) is 19.8 Å². The summed E-state index contributed by atoms with van der Waals surface area (Å²) >= 11 is 0.666. The molecule has 4 aliphatic rings. The summed E-state index contributed by atoms with van der Waals surface area (Å²) in [5, 5.41) is 8.04. The highest BCUT2D eigenvalue weighted by Gasteiger charge is 2.55. The predicted octanol–water partition coefficient (Wildman–Crippen LogP) is 6.12. The molecule has 9 nitrogen and oxygen atoms in total. The molecule has 0 bridgehead atoms. The van der Waals surface area contributed by atoms with Gasteiger partial charge in [0.05, 0.1) is 43.1 Å². The molecule has 3 saturated heterocycles. The Morgan fingerprint density at radius 3 is 2.65 bits per heavy atom. The number of benzene rings is 2. The fraction of sp³-hybridized carbons (Fsp3) is 0.500. The first-order valence-corrected chi connectivity index (χ1v) is 18.4. The van der Waals surface area contributed by atoms with Gasteiger partial charge in [0.25, 0.3) is 0 Å². The van der Waals surface area contributed by atoms with Crippen LogP contribution in [0.15, 0.2) is 18.2 Å². The molecule has 2 aromatic carbocycles. The number of fused-ring (bicyclic) bond motifs is 3. The summed E-state index contributed by atoms with van der Waals surface area (Å²) in [4.78, 5) is 27.1. The molecule has 0 spiro atoms. The molecule has 4 atom stereocenters. The van der Waals surface area contributed by atoms with Gasteiger partial charge >= 0.3 is 12.2 Å². The molecule has 5 heterocycles. The number of alkyl halides is 4. The summed E-state index contributed by atoms with van der Waals surface area (Å²) in [6.07, 6.45) is -4.06. The zero-order valence-corrected chi connectivity index (χ0v) is 30.1. The number of thiophene rings is 1. The van der Waals surface area contributed by atoms with Gasteiger partial charge in [-0.2, -0.15) is 28.4 Å². The largest absolute Gasteiger partial charge is 0.461 e. The standard InChI is InChI=1S/C36H33B2F6N7O2S/c1-16-24(7-8-51(16)32(52)17-3-4-17)49(2)31-20-9-22(36(42,43)44)26(19-5-6-23(40)29-25(19)21(11-45)30(46)54-29)27(41)28(20)47-33(48-31)53-15-34-10-18(39)12-50(34)14-35(37,38)13-34/h5-6,9,16-18,24H,3-4,7-8,10,12-15,46H2,1-2H3. The van der Waals surface area contributed by atoms with E-state index in [-0.39, 0.29) is 82.3 Å². The van der Waals surface area contributed by atoms with Crippen LogP contribution in [0.25, 0.3) is 32.1 Å². The van der Waals surface area contributed by atoms with Crippen LogP contribution in [0.4, 0.5) is 37.2 Å². The van der Waals surface area contributed by atoms with Crippen molar-refractivity contribution in [3.05, 3.63) is 41.0 Å². The Kier molecular flexibility index (Phi) is 8.61. The predicted molar refractivity (Wildman–Crippen MR) is 193 cm³/mol. The first-order valence-electron chi connectivity index (χ1n) is 17.6. The molecular formula is C36H33B2F6N7O2S. The minimum absolute atomic E-state index is 0.0143. The number of nitrogens with two attached hydrogens (primary N) is 1. The summed E-state index contributed by atoms with van der Waals surface area (Å²) < 4.78 is 98.2. The molecule has 1 aliphatic carbocycles. The van der Waals surface area contributed by atoms with Gasteiger partial charge in [-0.15, -0.1) is 11.3 Å². The van der Waals surface area contributed by atoms with E-state index in [9.17, 15) is 18.8 Å². The second-order valence-electron chi connectivity index (χ2n) is 15.2. The van der Waals surface area contributed by atoms with Gasteiger partial charge in [-0.3, -0.25) is 9.69 Å². The maximum Gasteiger partial charge on any atom is 0.417 e. The third-order valence-electron chi connectivity index (χ3n) is 11.5. The Balaban J connectivity index is 1.31. The molecule has 4 radical (unpaired) electrons. The Morgan fingerprint density at radius 1 is 1.22 bits per heavy atom. The molecule has 2 N–H and O–H groups in total. The number of carbonyl (C=O) groups excluding carboxylic acids is 1. The zero-order valence-electron chi connectivity index (χ0n) is 29.3. The lowest BCUT2D eigenvalue weighted by Gasteiger charge is -2.33. The summed E-state index contributed by atoms with van der Waals surface area (Å²) in [5.74, 6) is -2.38. The minimum atomic E-state index is -5.15. The number of nitriles is 1. The summed E-state index contributed by atoms with van der Waals surface area (Å²) in [6, 6.07) is 3.25. The maximum absolute atomic E-state index is 17.3. The fourth-order valence-electron chi connectivity index (χ4n) is 8.87. The molecular weight excluding hydrogens is 730 g/mol. The van der Waals surface area contributed by atoms with E-state index in [1.54, 1.807) is 21.7 Å². The van der Waals surface area contributed by atoms with Gasteiger partial charge in [0.1, 0.15) is 41.0 Å². The van der Waals surface area contributed by atoms with Crippen LogP contribution < -0.4 is 15.4 Å². The highest BCUT2D eigenvalue weighted by atomic mass is 32.1. The second kappa shape index (κ2) is 12.7. The Bertz CT molecular complexity index is 2260. The van der Waals surface area contributed by atoms with Crippen molar-refractivity contribution >= 4 is 64.7 Å². The first-order chi connectivity index (χ1) is 25.4. The SMILES string of the molecule is [B]C1([B])CN2CC(F)CC2(COc2nc(N(C)C3CCN(C(=O)C4CC4)C3C)c3cc(C(F)(F)F)c(-c4ccc(F)c5sc(N)c(C#N)c45)c(F)c3n2)C1. The van der Waals surface area contributed by atoms with Crippen molar-refractivity contribution in [2.75, 3.05) is 43.9 Å². The van der Waals surface area contributed by atoms with E-state index in [2.05, 4.69) is 9.97 Å². The molecule has 54 heavy (non-hydrogen) atoms. The van der Waals surface area contributed by atoms with Crippen molar-refractivity contribution in [1.29, 1.82) is 5.26 Å². The molecule has 278 valence electrons. The van der Waals surface area contributed by atoms with Gasteiger partial charge in [-0.1, -0.05) is 11.3 Å². The van der Waals surface area contributed by atoms with Crippen LogP contribution in [0.3, 0.4) is 0 Å². The lowest BCUT2D eigenvalue weighted by atomic mass is 9.52. The second-order valence-corrected chi connectivity index (χ2v) is 16.3. The number of rotatable bonds is 7. The number of nitrogens with zero attached hydrogens (tertiary/aromatic N) is 6. The smallest absolute Gasteiger partial charge is 0.417 e. The van der Waals surface area contributed by atoms with Gasteiger partial charge in [-0.25, -0.2) is 13.2 Å². The highest BCUT2D eigenvalue weighted by Crippen LogP contribution is 2.51. The molecule has 18 heteroatoms. The van der Waals surface area contributed by atoms with E-state index in [1.807, 2.05) is 13.0 Å². The van der Waals surface area contributed by atoms with Gasteiger partial charge in [0.15, 0.2) is 5.82 Å². The molecule has 2 aromatic heterocycles. The van der Waals surface area contributed by atoms with Crippen molar-refractivity contribution in [3.8, 4) is 23.2 Å². The van der Waals surface area contributed by atoms with E-state index in [4.69, 9.17) is 26.2 Å². The van der Waals surface area contributed by atoms with Crippen LogP contribution in [0.1, 0.15) is 50.2 Å². The van der Waals surface area contributed by atoms with Crippen LogP contribution in [-0.4, -0.2) is 98.5 Å². The quantitative estimate of drug-likeness (QED) is 0.177. The molecule has 4 fully saturated rings. The van der Waals surface area contributed by atoms with E-state index in [0.29, 0.717) is 24.3 Å². The van der Waals surface area contributed by atoms with Crippen LogP contribution >= 0.6 is 11.3 Å². The highest BCUT2D eigenvalue weighted by molar-refractivity contribution is 7.23. The van der Waals surface area contributed by atoms with Crippen LogP contribution in [0, 0.1) is 28.9 Å². The average Bonchev–Trinajstić information content (AvgIpc) is 3.61. The number of aromatic nitrogens is 2. The summed E-state index contributed by atoms with van der Waals surface area (Å²) in [7, 11) is 14.1. The fourth-order valence-corrected chi connectivity index (χ4v) is 9.82. The van der Waals surface area contributed by atoms with E-state index in [0.717, 1.165) is 31.0 Å². The first kappa shape index (κ1) is 36.7. The molecule has 4 unspecified atom stereocenters. The number of hydrogen-bond acceptors (Lipinski definition) is 9. The Morgan fingerprint density at radius 2 is 1.96 bits per heavy atom. The van der Waals surface area contributed by atoms with Crippen LogP contribution in [0.5, 0.6) is 6.01 Å². The van der Waals surface area contributed by atoms with Gasteiger partial charge < -0.3 is 20.3 Å². The number of anilines is 2. The number of likely N-dealkylation sites (tertiary alicyclic amines) is 1. The lowest BCUT2D eigenvalue weighted by Crippen LogP contribution is -2.45. The van der Waals surface area contributed by atoms with Crippen LogP contribution in [0.2, 0.25) is 5.21 Å². The topological polar surface area (TPSA) is 112 Å². The third kappa shape index (κ3) is 5.93. The summed E-state index contributed by atoms with van der Waals surface area (Å²) in [5.41, 5.74) is 1.44. The number of ether oxygens (including phenoxy) is 1. The Labute approximate surface area is 313 Å². The normalized spacial score (nSPS) is 25.4. The molecule has 3 aliphatic heterocycles. The molecule has 4 aromatic rings. The van der Waals surface area contributed by atoms with Gasteiger partial charge in [-0.05, 0) is 56.8 Å². The zero-order chi connectivity index (χ0) is 38.6. The number of halogens is 6. The van der Waals surface area contributed by atoms with Crippen molar-refractivity contribution in [2.24, 2.45) is 5.92 Å². The lowest BCUT2D eigenvalue weighted by molar-refractivity contribution is -0.137. The number of likely N-dealkylation sites (N-methyl/N-ethyl adjacent to an activating group) is 1. The monoisotopic (exact) mass is 763 g/mol. The van der Waals surface area contributed by atoms with E-state index >= 15 is 17.6 Å². The van der Waals surface area contributed by atoms with Crippen molar-refractivity contribution in [3.63, 3.8) is 0 Å². The van der Waals surface area contributed by atoms with E-state index in [1.165, 1.54) is 0 Å². The van der Waals surface area contributed by atoms with Crippen molar-refractivity contribution < 1.29 is 35.9 Å². The average molecular weight is 763 g/mol. The summed E-state index contributed by atoms with van der Waals surface area (Å²) in [6.45, 7) is 2.33. The molecule has 1 amide bonds. The van der Waals surface area contributed by atoms with Crippen LogP contribution in [-0.2, 0) is 11.0 Å². The van der Waals surface area contributed by atoms with Gasteiger partial charge in [0, 0.05) is 54.9 Å². The molecule has 8 rings (SSSR count). The Hall–Kier alpha value is -4.23. The van der Waals surface area contributed by atoms with Gasteiger partial charge in [0.2, 0.25) is 5.91 Å². The number of amides is 1. The number of carbonyl (C=O) groups is 1. The third-order valence-corrected chi connectivity index (χ3v) is 12.5. The number of hydrogen-bond donors (Lipinski definition) is 1.